The number of hydrogen-bond acceptors (Lipinski definition) is 3. The Balaban J connectivity index is 2.83. The van der Waals surface area contributed by atoms with Crippen molar-refractivity contribution in [2.75, 3.05) is 5.73 Å². The van der Waals surface area contributed by atoms with E-state index in [1.54, 1.807) is 0 Å². The lowest BCUT2D eigenvalue weighted by Gasteiger charge is -2.17. The Bertz CT molecular complexity index is 341. The molecule has 15 heavy (non-hydrogen) atoms. The van der Waals surface area contributed by atoms with E-state index in [0.717, 1.165) is 19.3 Å². The van der Waals surface area contributed by atoms with Crippen LogP contribution >= 0.6 is 12.2 Å². The van der Waals surface area contributed by atoms with Crippen molar-refractivity contribution in [2.24, 2.45) is 0 Å². The molecule has 4 nitrogen and oxygen atoms in total. The highest BCUT2D eigenvalue weighted by Gasteiger charge is 2.13. The Hall–Kier alpha value is -0.840. The van der Waals surface area contributed by atoms with Crippen LogP contribution in [0, 0.1) is 4.77 Å². The zero-order valence-electron chi connectivity index (χ0n) is 9.49. The lowest BCUT2D eigenvalue weighted by atomic mass is 10.1. The number of rotatable bonds is 6. The second kappa shape index (κ2) is 5.90. The number of anilines is 1. The van der Waals surface area contributed by atoms with Crippen LogP contribution in [0.4, 0.5) is 5.95 Å². The van der Waals surface area contributed by atoms with Crippen LogP contribution in [-0.4, -0.2) is 14.8 Å². The molecule has 1 rings (SSSR count). The maximum atomic E-state index is 5.80. The van der Waals surface area contributed by atoms with Crippen LogP contribution in [0.2, 0.25) is 0 Å². The summed E-state index contributed by atoms with van der Waals surface area (Å²) in [6, 6.07) is 0.404. The number of H-pyrrole nitrogens is 1. The topological polar surface area (TPSA) is 59.6 Å². The highest BCUT2D eigenvalue weighted by atomic mass is 32.1. The first-order chi connectivity index (χ1) is 7.20. The van der Waals surface area contributed by atoms with Gasteiger partial charge < -0.3 is 5.73 Å². The first-order valence-electron chi connectivity index (χ1n) is 5.63. The second-order valence-electron chi connectivity index (χ2n) is 3.84. The summed E-state index contributed by atoms with van der Waals surface area (Å²) in [6.45, 7) is 4.37. The van der Waals surface area contributed by atoms with Crippen molar-refractivity contribution in [1.29, 1.82) is 0 Å². The fourth-order valence-electron chi connectivity index (χ4n) is 1.85. The zero-order valence-corrected chi connectivity index (χ0v) is 10.3. The standard InChI is InChI=1S/C10H20N4S/c1-3-5-7-8(6-4-2)14-9(11)12-13-10(14)15/h8H,3-7H2,1-2H3,(H2,11,12)(H,13,15). The number of hydrogen-bond donors (Lipinski definition) is 2. The quantitative estimate of drug-likeness (QED) is 0.736. The van der Waals surface area contributed by atoms with Gasteiger partial charge in [-0.05, 0) is 25.1 Å². The molecule has 1 atom stereocenters. The van der Waals surface area contributed by atoms with Crippen molar-refractivity contribution in [3.05, 3.63) is 4.77 Å². The first kappa shape index (κ1) is 12.2. The number of nitrogens with two attached hydrogens (primary N) is 1. The Morgan fingerprint density at radius 1 is 1.40 bits per heavy atom. The minimum absolute atomic E-state index is 0.404. The predicted octanol–water partition coefficient (Wildman–Crippen LogP) is 3.05. The molecule has 0 aliphatic heterocycles. The molecule has 5 heteroatoms. The molecule has 0 amide bonds. The molecule has 0 bridgehead atoms. The van der Waals surface area contributed by atoms with Crippen LogP contribution in [0.25, 0.3) is 0 Å². The fourth-order valence-corrected chi connectivity index (χ4v) is 2.13. The van der Waals surface area contributed by atoms with Crippen molar-refractivity contribution in [3.8, 4) is 0 Å². The van der Waals surface area contributed by atoms with E-state index in [4.69, 9.17) is 18.0 Å². The highest BCUT2D eigenvalue weighted by molar-refractivity contribution is 7.71. The minimum Gasteiger partial charge on any atom is -0.368 e. The number of nitrogens with one attached hydrogen (secondary N) is 1. The van der Waals surface area contributed by atoms with Crippen LogP contribution in [0.1, 0.15) is 52.0 Å². The second-order valence-corrected chi connectivity index (χ2v) is 4.23. The van der Waals surface area contributed by atoms with Crippen LogP contribution in [-0.2, 0) is 0 Å². The van der Waals surface area contributed by atoms with Crippen molar-refractivity contribution in [2.45, 2.75) is 52.0 Å². The number of nitrogens with zero attached hydrogens (tertiary/aromatic N) is 2. The van der Waals surface area contributed by atoms with E-state index in [0.29, 0.717) is 16.8 Å². The molecule has 0 radical (unpaired) electrons. The molecule has 0 saturated heterocycles. The third kappa shape index (κ3) is 3.06. The molecule has 0 aliphatic carbocycles. The molecule has 1 aromatic rings. The van der Waals surface area contributed by atoms with Crippen molar-refractivity contribution < 1.29 is 0 Å². The summed E-state index contributed by atoms with van der Waals surface area (Å²) in [5, 5.41) is 6.69. The van der Waals surface area contributed by atoms with Gasteiger partial charge >= 0.3 is 0 Å². The van der Waals surface area contributed by atoms with E-state index < -0.39 is 0 Å². The van der Waals surface area contributed by atoms with Gasteiger partial charge in [0.05, 0.1) is 0 Å². The van der Waals surface area contributed by atoms with Gasteiger partial charge in [-0.1, -0.05) is 33.1 Å². The van der Waals surface area contributed by atoms with Gasteiger partial charge in [0, 0.05) is 6.04 Å². The number of unbranched alkanes of at least 4 members (excludes halogenated alkanes) is 1. The third-order valence-electron chi connectivity index (χ3n) is 2.61. The van der Waals surface area contributed by atoms with Gasteiger partial charge in [0.15, 0.2) is 4.77 Å². The van der Waals surface area contributed by atoms with E-state index in [2.05, 4.69) is 24.0 Å². The summed E-state index contributed by atoms with van der Waals surface area (Å²) in [5.41, 5.74) is 5.80. The van der Waals surface area contributed by atoms with Gasteiger partial charge in [0.2, 0.25) is 5.95 Å². The summed E-state index contributed by atoms with van der Waals surface area (Å²) in [7, 11) is 0. The Morgan fingerprint density at radius 3 is 2.60 bits per heavy atom. The van der Waals surface area contributed by atoms with Crippen LogP contribution < -0.4 is 5.73 Å². The average molecular weight is 228 g/mol. The summed E-state index contributed by atoms with van der Waals surface area (Å²) >= 11 is 5.18. The number of aromatic amines is 1. The lowest BCUT2D eigenvalue weighted by Crippen LogP contribution is -2.12. The molecule has 1 aromatic heterocycles. The van der Waals surface area contributed by atoms with E-state index in [1.165, 1.54) is 12.8 Å². The summed E-state index contributed by atoms with van der Waals surface area (Å²) in [5.74, 6) is 0.509. The summed E-state index contributed by atoms with van der Waals surface area (Å²) in [4.78, 5) is 0. The molecule has 0 fully saturated rings. The van der Waals surface area contributed by atoms with Gasteiger partial charge in [0.1, 0.15) is 0 Å². The monoisotopic (exact) mass is 228 g/mol. The van der Waals surface area contributed by atoms with E-state index in [-0.39, 0.29) is 0 Å². The molecule has 0 saturated carbocycles. The van der Waals surface area contributed by atoms with Gasteiger partial charge in [-0.15, -0.1) is 5.10 Å². The van der Waals surface area contributed by atoms with Crippen molar-refractivity contribution in [1.82, 2.24) is 14.8 Å². The third-order valence-corrected chi connectivity index (χ3v) is 2.90. The number of nitrogen functional groups attached to an aromatic ring is 1. The average Bonchev–Trinajstić information content (AvgIpc) is 2.54. The van der Waals surface area contributed by atoms with E-state index in [9.17, 15) is 0 Å². The molecular weight excluding hydrogens is 208 g/mol. The predicted molar refractivity (Wildman–Crippen MR) is 65.3 cm³/mol. The summed E-state index contributed by atoms with van der Waals surface area (Å²) in [6.07, 6.45) is 5.78. The van der Waals surface area contributed by atoms with Crippen LogP contribution in [0.15, 0.2) is 0 Å². The van der Waals surface area contributed by atoms with Gasteiger partial charge in [0.25, 0.3) is 0 Å². The smallest absolute Gasteiger partial charge is 0.220 e. The Labute approximate surface area is 95.9 Å². The van der Waals surface area contributed by atoms with Gasteiger partial charge in [-0.3, -0.25) is 4.57 Å². The molecule has 0 aliphatic rings. The molecule has 1 unspecified atom stereocenters. The van der Waals surface area contributed by atoms with Crippen molar-refractivity contribution >= 4 is 18.2 Å². The zero-order chi connectivity index (χ0) is 11.3. The maximum absolute atomic E-state index is 5.80. The number of aromatic nitrogens is 3. The first-order valence-corrected chi connectivity index (χ1v) is 6.03. The highest BCUT2D eigenvalue weighted by Crippen LogP contribution is 2.23. The van der Waals surface area contributed by atoms with Crippen molar-refractivity contribution in [3.63, 3.8) is 0 Å². The lowest BCUT2D eigenvalue weighted by molar-refractivity contribution is 0.417. The molecule has 0 aromatic carbocycles. The molecule has 3 N–H and O–H groups in total. The SMILES string of the molecule is CCCCC(CCC)n1c(N)n[nH]c1=S. The van der Waals surface area contributed by atoms with Gasteiger partial charge in [-0.25, -0.2) is 5.10 Å². The van der Waals surface area contributed by atoms with E-state index >= 15 is 0 Å². The molecule has 0 spiro atoms. The molecule has 1 heterocycles. The molecular formula is C10H20N4S. The normalized spacial score (nSPS) is 12.9. The minimum atomic E-state index is 0.404. The fraction of sp³-hybridized carbons (Fsp3) is 0.800. The van der Waals surface area contributed by atoms with Crippen LogP contribution in [0.3, 0.4) is 0 Å². The van der Waals surface area contributed by atoms with Crippen LogP contribution in [0.5, 0.6) is 0 Å². The maximum Gasteiger partial charge on any atom is 0.220 e. The Kier molecular flexibility index (Phi) is 4.81. The molecule has 86 valence electrons. The van der Waals surface area contributed by atoms with Gasteiger partial charge in [-0.2, -0.15) is 0 Å². The Morgan fingerprint density at radius 2 is 2.13 bits per heavy atom. The summed E-state index contributed by atoms with van der Waals surface area (Å²) < 4.78 is 2.59. The van der Waals surface area contributed by atoms with E-state index in [1.807, 2.05) is 4.57 Å². The largest absolute Gasteiger partial charge is 0.368 e.